The molecule has 0 aliphatic heterocycles. The van der Waals surface area contributed by atoms with E-state index in [1.165, 1.54) is 24.6 Å². The van der Waals surface area contributed by atoms with E-state index in [0.29, 0.717) is 35.4 Å². The van der Waals surface area contributed by atoms with Crippen molar-refractivity contribution in [2.45, 2.75) is 44.9 Å². The fraction of sp³-hybridized carbons (Fsp3) is 0.333. The number of amides is 2. The molecule has 0 radical (unpaired) electrons. The number of carbonyl (C=O) groups excluding carboxylic acids is 2. The molecule has 4 N–H and O–H groups in total. The Labute approximate surface area is 198 Å². The van der Waals surface area contributed by atoms with Gasteiger partial charge in [0, 0.05) is 22.6 Å². The van der Waals surface area contributed by atoms with Gasteiger partial charge in [0.15, 0.2) is 0 Å². The first-order valence-corrected chi connectivity index (χ1v) is 11.8. The monoisotopic (exact) mass is 492 g/mol. The maximum Gasteiger partial charge on any atom is 0.345 e. The van der Waals surface area contributed by atoms with E-state index < -0.39 is 11.9 Å². The van der Waals surface area contributed by atoms with Crippen LogP contribution in [0.15, 0.2) is 34.5 Å². The number of carboxylic acids is 2. The van der Waals surface area contributed by atoms with Gasteiger partial charge in [0.05, 0.1) is 12.4 Å². The highest BCUT2D eigenvalue weighted by Gasteiger charge is 2.06. The molecule has 33 heavy (non-hydrogen) atoms. The normalized spacial score (nSPS) is 11.2. The topological polar surface area (TPSA) is 158 Å². The largest absolute Gasteiger partial charge is 0.477 e. The highest BCUT2D eigenvalue weighted by molar-refractivity contribution is 7.15. The standard InChI is InChI=1S/C21H24N4O6S2/c26-18(24-22-12-14-8-10-16(32-14)20(28)29)6-4-2-1-3-5-7-19(27)25-23-13-15-9-11-17(33-15)21(30)31/h8-13H,1-7H2,(H,24,26)(H,25,27)(H,28,29)(H,30,31)/b22-12+,23-13+. The number of thiophene rings is 2. The molecule has 0 aliphatic rings. The van der Waals surface area contributed by atoms with E-state index in [9.17, 15) is 19.2 Å². The second-order valence-corrected chi connectivity index (χ2v) is 9.10. The van der Waals surface area contributed by atoms with Crippen molar-refractivity contribution in [3.05, 3.63) is 43.8 Å². The fourth-order valence-electron chi connectivity index (χ4n) is 2.62. The summed E-state index contributed by atoms with van der Waals surface area (Å²) < 4.78 is 0. The van der Waals surface area contributed by atoms with E-state index in [1.807, 2.05) is 0 Å². The van der Waals surface area contributed by atoms with Gasteiger partial charge in [-0.3, -0.25) is 9.59 Å². The van der Waals surface area contributed by atoms with Crippen LogP contribution in [0, 0.1) is 0 Å². The van der Waals surface area contributed by atoms with Gasteiger partial charge in [-0.25, -0.2) is 20.4 Å². The van der Waals surface area contributed by atoms with Crippen LogP contribution in [0.4, 0.5) is 0 Å². The molecule has 2 aromatic rings. The molecule has 0 bridgehead atoms. The third-order valence-electron chi connectivity index (χ3n) is 4.24. The van der Waals surface area contributed by atoms with Crippen molar-refractivity contribution in [3.8, 4) is 0 Å². The van der Waals surface area contributed by atoms with E-state index >= 15 is 0 Å². The number of nitrogens with one attached hydrogen (secondary N) is 2. The van der Waals surface area contributed by atoms with Crippen molar-refractivity contribution >= 4 is 58.9 Å². The van der Waals surface area contributed by atoms with Gasteiger partial charge in [-0.1, -0.05) is 19.3 Å². The minimum absolute atomic E-state index is 0.209. The first kappa shape index (κ1) is 25.9. The summed E-state index contributed by atoms with van der Waals surface area (Å²) in [5.74, 6) is -2.41. The van der Waals surface area contributed by atoms with E-state index in [-0.39, 0.29) is 21.6 Å². The van der Waals surface area contributed by atoms with Gasteiger partial charge in [0.1, 0.15) is 9.75 Å². The molecule has 0 unspecified atom stereocenters. The highest BCUT2D eigenvalue weighted by Crippen LogP contribution is 2.15. The molecule has 0 atom stereocenters. The predicted octanol–water partition coefficient (Wildman–Crippen LogP) is 3.54. The van der Waals surface area contributed by atoms with E-state index in [4.69, 9.17) is 10.2 Å². The van der Waals surface area contributed by atoms with Gasteiger partial charge in [0.2, 0.25) is 11.8 Å². The zero-order valence-electron chi connectivity index (χ0n) is 17.7. The maximum absolute atomic E-state index is 11.8. The lowest BCUT2D eigenvalue weighted by Crippen LogP contribution is -2.17. The first-order valence-electron chi connectivity index (χ1n) is 10.1. The molecule has 0 saturated carbocycles. The SMILES string of the molecule is O=C(CCCCCCCC(=O)N/N=C/c1ccc(C(=O)O)s1)N/N=C/c1ccc(C(=O)O)s1. The summed E-state index contributed by atoms with van der Waals surface area (Å²) in [4.78, 5) is 46.8. The van der Waals surface area contributed by atoms with Crippen LogP contribution in [-0.4, -0.2) is 46.4 Å². The number of hydrogen-bond donors (Lipinski definition) is 4. The van der Waals surface area contributed by atoms with Gasteiger partial charge in [-0.15, -0.1) is 22.7 Å². The zero-order valence-corrected chi connectivity index (χ0v) is 19.3. The molecular weight excluding hydrogens is 468 g/mol. The Morgan fingerprint density at radius 1 is 0.697 bits per heavy atom. The third kappa shape index (κ3) is 10.2. The van der Waals surface area contributed by atoms with E-state index in [1.54, 1.807) is 12.1 Å². The predicted molar refractivity (Wildman–Crippen MR) is 126 cm³/mol. The Morgan fingerprint density at radius 2 is 1.09 bits per heavy atom. The Bertz CT molecular complexity index is 947. The molecule has 2 aromatic heterocycles. The zero-order chi connectivity index (χ0) is 24.1. The highest BCUT2D eigenvalue weighted by atomic mass is 32.1. The molecule has 0 aliphatic carbocycles. The molecule has 0 spiro atoms. The molecule has 2 heterocycles. The third-order valence-corrected chi connectivity index (χ3v) is 6.26. The van der Waals surface area contributed by atoms with Crippen LogP contribution in [0.5, 0.6) is 0 Å². The average molecular weight is 493 g/mol. The van der Waals surface area contributed by atoms with Crippen molar-refractivity contribution in [2.24, 2.45) is 10.2 Å². The molecule has 0 fully saturated rings. The number of hydrogen-bond acceptors (Lipinski definition) is 8. The summed E-state index contributed by atoms with van der Waals surface area (Å²) in [6.07, 6.45) is 7.52. The van der Waals surface area contributed by atoms with Crippen LogP contribution in [-0.2, 0) is 9.59 Å². The number of aromatic carboxylic acids is 2. The summed E-state index contributed by atoms with van der Waals surface area (Å²) in [5, 5.41) is 25.4. The summed E-state index contributed by atoms with van der Waals surface area (Å²) in [7, 11) is 0. The Kier molecular flexibility index (Phi) is 10.9. The minimum Gasteiger partial charge on any atom is -0.477 e. The summed E-state index contributed by atoms with van der Waals surface area (Å²) in [6.45, 7) is 0. The Balaban J connectivity index is 1.48. The Hall–Kier alpha value is -3.38. The van der Waals surface area contributed by atoms with E-state index in [0.717, 1.165) is 41.9 Å². The number of hydrazone groups is 2. The lowest BCUT2D eigenvalue weighted by atomic mass is 10.1. The second-order valence-electron chi connectivity index (χ2n) is 6.87. The van der Waals surface area contributed by atoms with E-state index in [2.05, 4.69) is 21.1 Å². The molecule has 12 heteroatoms. The van der Waals surface area contributed by atoms with Crippen molar-refractivity contribution < 1.29 is 29.4 Å². The quantitative estimate of drug-likeness (QED) is 0.179. The minimum atomic E-state index is -0.996. The molecular formula is C21H24N4O6S2. The molecule has 2 rings (SSSR count). The molecule has 0 saturated heterocycles. The van der Waals surface area contributed by atoms with Crippen LogP contribution < -0.4 is 10.9 Å². The lowest BCUT2D eigenvalue weighted by Gasteiger charge is -2.02. The van der Waals surface area contributed by atoms with Crippen LogP contribution >= 0.6 is 22.7 Å². The Morgan fingerprint density at radius 3 is 1.45 bits per heavy atom. The molecule has 176 valence electrons. The van der Waals surface area contributed by atoms with Crippen LogP contribution in [0.3, 0.4) is 0 Å². The van der Waals surface area contributed by atoms with Crippen molar-refractivity contribution in [1.29, 1.82) is 0 Å². The van der Waals surface area contributed by atoms with Crippen LogP contribution in [0.25, 0.3) is 0 Å². The molecule has 2 amide bonds. The number of nitrogens with zero attached hydrogens (tertiary/aromatic N) is 2. The van der Waals surface area contributed by atoms with Gasteiger partial charge >= 0.3 is 11.9 Å². The van der Waals surface area contributed by atoms with Gasteiger partial charge < -0.3 is 10.2 Å². The summed E-state index contributed by atoms with van der Waals surface area (Å²) >= 11 is 2.15. The number of unbranched alkanes of at least 4 members (excludes halogenated alkanes) is 4. The summed E-state index contributed by atoms with van der Waals surface area (Å²) in [5.41, 5.74) is 4.84. The van der Waals surface area contributed by atoms with Crippen molar-refractivity contribution in [1.82, 2.24) is 10.9 Å². The number of carbonyl (C=O) groups is 4. The summed E-state index contributed by atoms with van der Waals surface area (Å²) in [6, 6.07) is 6.21. The van der Waals surface area contributed by atoms with Gasteiger partial charge in [0.25, 0.3) is 0 Å². The van der Waals surface area contributed by atoms with Crippen molar-refractivity contribution in [2.75, 3.05) is 0 Å². The number of carboxylic acid groups (broad SMARTS) is 2. The van der Waals surface area contributed by atoms with Gasteiger partial charge in [-0.05, 0) is 37.1 Å². The molecule has 10 nitrogen and oxygen atoms in total. The number of rotatable bonds is 14. The lowest BCUT2D eigenvalue weighted by molar-refractivity contribution is -0.121. The fourth-order valence-corrected chi connectivity index (χ4v) is 4.06. The van der Waals surface area contributed by atoms with Crippen molar-refractivity contribution in [3.63, 3.8) is 0 Å². The van der Waals surface area contributed by atoms with Crippen LogP contribution in [0.1, 0.15) is 74.0 Å². The van der Waals surface area contributed by atoms with Crippen LogP contribution in [0.2, 0.25) is 0 Å². The smallest absolute Gasteiger partial charge is 0.345 e. The average Bonchev–Trinajstić information content (AvgIpc) is 3.43. The van der Waals surface area contributed by atoms with Gasteiger partial charge in [-0.2, -0.15) is 10.2 Å². The maximum atomic E-state index is 11.8. The second kappa shape index (κ2) is 13.9. The molecule has 0 aromatic carbocycles. The first-order chi connectivity index (χ1) is 15.8.